The maximum Gasteiger partial charge on any atom is 0.0311 e. The van der Waals surface area contributed by atoms with Crippen molar-refractivity contribution < 1.29 is 52.6 Å². The van der Waals surface area contributed by atoms with Crippen LogP contribution in [0.15, 0.2) is 0 Å². The van der Waals surface area contributed by atoms with Gasteiger partial charge in [0, 0.05) is 70.8 Å². The van der Waals surface area contributed by atoms with Crippen LogP contribution < -0.4 is 0 Å². The van der Waals surface area contributed by atoms with Crippen molar-refractivity contribution in [2.24, 2.45) is 0 Å². The first-order valence-electron chi connectivity index (χ1n) is 2.00. The minimum Gasteiger partial charge on any atom is -0.759 e. The van der Waals surface area contributed by atoms with Gasteiger partial charge in [-0.2, -0.15) is 0 Å². The van der Waals surface area contributed by atoms with Crippen LogP contribution in [0.2, 0.25) is 0 Å². The average molecular weight is 428 g/mol. The van der Waals surface area contributed by atoms with Crippen LogP contribution in [0.3, 0.4) is 0 Å². The second-order valence-corrected chi connectivity index (χ2v) is 3.67. The fourth-order valence-corrected chi connectivity index (χ4v) is 0. The van der Waals surface area contributed by atoms with Gasteiger partial charge in [-0.15, -0.1) is 0 Å². The molecule has 0 rings (SSSR count). The van der Waals surface area contributed by atoms with Gasteiger partial charge in [0.25, 0.3) is 0 Å². The van der Waals surface area contributed by atoms with Gasteiger partial charge in [-0.05, 0) is 0 Å². The van der Waals surface area contributed by atoms with Crippen molar-refractivity contribution in [2.75, 3.05) is 0 Å². The summed E-state index contributed by atoms with van der Waals surface area (Å²) in [4.78, 5) is 0. The molecule has 0 spiro atoms. The SMILES string of the molecule is O=S(=O)([O-])[O-].O=S(=O)([O-])[O-].O=S(=O)([O-])[O-].[Ga].[Ga]. The van der Waals surface area contributed by atoms with Crippen LogP contribution in [-0.4, -0.2) is 92.2 Å². The fraction of sp³-hybridized carbons (Fsp3) is 0. The third-order valence-electron chi connectivity index (χ3n) is 0. The van der Waals surface area contributed by atoms with Gasteiger partial charge in [-0.3, -0.25) is 25.3 Å². The molecule has 0 amide bonds. The zero-order valence-electron chi connectivity index (χ0n) is 7.28. The van der Waals surface area contributed by atoms with Crippen LogP contribution in [-0.2, 0) is 31.2 Å². The van der Waals surface area contributed by atoms with Gasteiger partial charge in [0.05, 0.1) is 0 Å². The number of hydrogen-bond acceptors (Lipinski definition) is 12. The van der Waals surface area contributed by atoms with Crippen molar-refractivity contribution in [3.63, 3.8) is 0 Å². The van der Waals surface area contributed by atoms with Crippen LogP contribution >= 0.6 is 0 Å². The van der Waals surface area contributed by atoms with Gasteiger partial charge in [-0.1, -0.05) is 0 Å². The summed E-state index contributed by atoms with van der Waals surface area (Å²) in [6, 6.07) is 0. The molecule has 0 aliphatic carbocycles. The number of hydrogen-bond donors (Lipinski definition) is 0. The summed E-state index contributed by atoms with van der Waals surface area (Å²) in [5.74, 6) is 0. The van der Waals surface area contributed by atoms with Gasteiger partial charge in [0.1, 0.15) is 0 Å². The molecule has 17 heteroatoms. The summed E-state index contributed by atoms with van der Waals surface area (Å²) in [6.45, 7) is 0. The molecular weight excluding hydrogens is 428 g/mol. The molecule has 0 fully saturated rings. The first-order chi connectivity index (χ1) is 6.00. The van der Waals surface area contributed by atoms with E-state index in [4.69, 9.17) is 52.6 Å². The van der Waals surface area contributed by atoms with Crippen molar-refractivity contribution in [1.29, 1.82) is 0 Å². The molecular formula is Ga2O12S3-6. The molecule has 0 aromatic heterocycles. The molecule has 0 unspecified atom stereocenters. The van der Waals surface area contributed by atoms with E-state index in [0.717, 1.165) is 0 Å². The Bertz CT molecular complexity index is 341. The van der Waals surface area contributed by atoms with Crippen LogP contribution in [0.4, 0.5) is 0 Å². The Morgan fingerprint density at radius 3 is 0.412 bits per heavy atom. The van der Waals surface area contributed by atoms with Crippen molar-refractivity contribution >= 4 is 70.8 Å². The average Bonchev–Trinajstić information content (AvgIpc) is 1.41. The largest absolute Gasteiger partial charge is 0.759 e. The summed E-state index contributed by atoms with van der Waals surface area (Å²) >= 11 is 0. The maximum absolute atomic E-state index is 8.52. The molecule has 0 aromatic rings. The molecule has 0 aromatic carbocycles. The van der Waals surface area contributed by atoms with Crippen LogP contribution in [0.25, 0.3) is 0 Å². The van der Waals surface area contributed by atoms with E-state index in [0.29, 0.717) is 0 Å². The fourth-order valence-electron chi connectivity index (χ4n) is 0. The summed E-state index contributed by atoms with van der Waals surface area (Å²) in [6.07, 6.45) is 0. The Kier molecular flexibility index (Phi) is 21.6. The smallest absolute Gasteiger partial charge is 0.0311 e. The molecule has 0 aliphatic heterocycles. The van der Waals surface area contributed by atoms with Gasteiger partial charge >= 0.3 is 0 Å². The molecule has 0 bridgehead atoms. The van der Waals surface area contributed by atoms with E-state index in [2.05, 4.69) is 0 Å². The monoisotopic (exact) mass is 426 g/mol. The Labute approximate surface area is 123 Å². The minimum absolute atomic E-state index is 0. The third-order valence-corrected chi connectivity index (χ3v) is 0. The second-order valence-electron chi connectivity index (χ2n) is 1.22. The molecule has 12 nitrogen and oxygen atoms in total. The molecule has 17 heavy (non-hydrogen) atoms. The molecule has 0 saturated carbocycles. The van der Waals surface area contributed by atoms with E-state index < -0.39 is 31.2 Å². The Hall–Kier alpha value is 0.883. The topological polar surface area (TPSA) is 241 Å². The van der Waals surface area contributed by atoms with Crippen LogP contribution in [0, 0.1) is 0 Å². The van der Waals surface area contributed by atoms with Gasteiger partial charge in [0.15, 0.2) is 0 Å². The molecule has 0 saturated heterocycles. The normalized spacial score (nSPS) is 10.2. The van der Waals surface area contributed by atoms with Crippen molar-refractivity contribution in [3.05, 3.63) is 0 Å². The van der Waals surface area contributed by atoms with E-state index in [9.17, 15) is 0 Å². The Morgan fingerprint density at radius 2 is 0.412 bits per heavy atom. The predicted molar refractivity (Wildman–Crippen MR) is 42.9 cm³/mol. The molecule has 0 atom stereocenters. The quantitative estimate of drug-likeness (QED) is 0.201. The standard InChI is InChI=1S/2Ga.3H2O4S/c;;3*1-5(2,3)4/h;;3*(H2,1,2,3,4)/p-6. The predicted octanol–water partition coefficient (Wildman–Crippen LogP) is -4.78. The molecule has 102 valence electrons. The zero-order valence-corrected chi connectivity index (χ0v) is 14.6. The van der Waals surface area contributed by atoms with Crippen LogP contribution in [0.5, 0.6) is 0 Å². The molecule has 0 N–H and O–H groups in total. The molecule has 0 heterocycles. The summed E-state index contributed by atoms with van der Waals surface area (Å²) < 4.78 is 102. The van der Waals surface area contributed by atoms with Gasteiger partial charge in [-0.25, -0.2) is 0 Å². The molecule has 6 radical (unpaired) electrons. The Morgan fingerprint density at radius 1 is 0.412 bits per heavy atom. The van der Waals surface area contributed by atoms with E-state index in [1.54, 1.807) is 0 Å². The maximum atomic E-state index is 8.52. The summed E-state index contributed by atoms with van der Waals surface area (Å²) in [5, 5.41) is 0. The summed E-state index contributed by atoms with van der Waals surface area (Å²) in [5.41, 5.74) is 0. The van der Waals surface area contributed by atoms with Gasteiger partial charge in [0.2, 0.25) is 0 Å². The minimum atomic E-state index is -5.17. The van der Waals surface area contributed by atoms with Gasteiger partial charge < -0.3 is 27.3 Å². The third kappa shape index (κ3) is 4800. The first kappa shape index (κ1) is 30.7. The van der Waals surface area contributed by atoms with Crippen molar-refractivity contribution in [2.45, 2.75) is 0 Å². The Balaban J connectivity index is -0.0000000400. The molecule has 0 aliphatic rings. The summed E-state index contributed by atoms with van der Waals surface area (Å²) in [7, 11) is -15.5. The van der Waals surface area contributed by atoms with Crippen molar-refractivity contribution in [1.82, 2.24) is 0 Å². The van der Waals surface area contributed by atoms with E-state index in [1.807, 2.05) is 0 Å². The van der Waals surface area contributed by atoms with E-state index in [-0.39, 0.29) is 39.6 Å². The van der Waals surface area contributed by atoms with Crippen molar-refractivity contribution in [3.8, 4) is 0 Å². The van der Waals surface area contributed by atoms with E-state index in [1.165, 1.54) is 0 Å². The number of rotatable bonds is 0. The first-order valence-corrected chi connectivity index (χ1v) is 6.00. The van der Waals surface area contributed by atoms with Crippen LogP contribution in [0.1, 0.15) is 0 Å². The second kappa shape index (κ2) is 11.9. The van der Waals surface area contributed by atoms with E-state index >= 15 is 0 Å². The zero-order chi connectivity index (χ0) is 13.5.